The van der Waals surface area contributed by atoms with E-state index in [2.05, 4.69) is 5.32 Å². The molecule has 0 spiro atoms. The van der Waals surface area contributed by atoms with E-state index in [9.17, 15) is 8.42 Å². The lowest BCUT2D eigenvalue weighted by atomic mass is 9.81. The quantitative estimate of drug-likeness (QED) is 0.760. The van der Waals surface area contributed by atoms with Gasteiger partial charge in [0.05, 0.1) is 5.75 Å². The first kappa shape index (κ1) is 11.4. The first-order chi connectivity index (χ1) is 7.13. The fraction of sp³-hybridized carbons (Fsp3) is 1.00. The van der Waals surface area contributed by atoms with Crippen molar-refractivity contribution in [3.8, 4) is 0 Å². The number of nitrogens with zero attached hydrogens (tertiary/aromatic N) is 1. The molecule has 0 bridgehead atoms. The van der Waals surface area contributed by atoms with E-state index in [0.717, 1.165) is 50.9 Å². The Kier molecular flexibility index (Phi) is 3.33. The van der Waals surface area contributed by atoms with Crippen molar-refractivity contribution in [3.05, 3.63) is 0 Å². The fourth-order valence-corrected chi connectivity index (χ4v) is 3.58. The standard InChI is InChI=1S/C10H20N2O2S/c1-2-15(13,14)12-5-3-9(4-6-12)10-7-11-8-10/h9-11H,2-8H2,1H3. The third-order valence-electron chi connectivity index (χ3n) is 3.74. The molecule has 2 fully saturated rings. The highest BCUT2D eigenvalue weighted by Gasteiger charge is 2.32. The van der Waals surface area contributed by atoms with E-state index in [1.165, 1.54) is 0 Å². The molecular weight excluding hydrogens is 212 g/mol. The van der Waals surface area contributed by atoms with Crippen molar-refractivity contribution in [2.75, 3.05) is 31.9 Å². The summed E-state index contributed by atoms with van der Waals surface area (Å²) in [7, 11) is -2.94. The van der Waals surface area contributed by atoms with Gasteiger partial charge in [-0.2, -0.15) is 0 Å². The maximum absolute atomic E-state index is 11.6. The molecule has 2 heterocycles. The first-order valence-corrected chi connectivity index (χ1v) is 7.43. The Bertz CT molecular complexity index is 303. The van der Waals surface area contributed by atoms with E-state index >= 15 is 0 Å². The second kappa shape index (κ2) is 4.39. The van der Waals surface area contributed by atoms with Gasteiger partial charge in [-0.25, -0.2) is 12.7 Å². The van der Waals surface area contributed by atoms with E-state index in [0.29, 0.717) is 0 Å². The maximum atomic E-state index is 11.6. The van der Waals surface area contributed by atoms with E-state index < -0.39 is 10.0 Å². The largest absolute Gasteiger partial charge is 0.316 e. The molecule has 88 valence electrons. The minimum absolute atomic E-state index is 0.239. The van der Waals surface area contributed by atoms with Crippen LogP contribution in [-0.2, 0) is 10.0 Å². The summed E-state index contributed by atoms with van der Waals surface area (Å²) in [5.41, 5.74) is 0. The first-order valence-electron chi connectivity index (χ1n) is 5.82. The highest BCUT2D eigenvalue weighted by atomic mass is 32.2. The third-order valence-corrected chi connectivity index (χ3v) is 5.62. The predicted molar refractivity (Wildman–Crippen MR) is 60.1 cm³/mol. The summed E-state index contributed by atoms with van der Waals surface area (Å²) in [4.78, 5) is 0. The highest BCUT2D eigenvalue weighted by Crippen LogP contribution is 2.28. The molecule has 2 rings (SSSR count). The zero-order valence-electron chi connectivity index (χ0n) is 9.28. The van der Waals surface area contributed by atoms with Gasteiger partial charge in [0.1, 0.15) is 0 Å². The zero-order valence-corrected chi connectivity index (χ0v) is 10.1. The lowest BCUT2D eigenvalue weighted by Crippen LogP contribution is -2.50. The van der Waals surface area contributed by atoms with Gasteiger partial charge in [-0.05, 0) is 44.7 Å². The molecule has 0 aromatic rings. The van der Waals surface area contributed by atoms with Crippen molar-refractivity contribution in [2.45, 2.75) is 19.8 Å². The number of sulfonamides is 1. The summed E-state index contributed by atoms with van der Waals surface area (Å²) in [6.07, 6.45) is 2.09. The van der Waals surface area contributed by atoms with Gasteiger partial charge in [0, 0.05) is 13.1 Å². The number of hydrogen-bond acceptors (Lipinski definition) is 3. The summed E-state index contributed by atoms with van der Waals surface area (Å²) in [5.74, 6) is 1.79. The van der Waals surface area contributed by atoms with Crippen molar-refractivity contribution in [2.24, 2.45) is 11.8 Å². The lowest BCUT2D eigenvalue weighted by molar-refractivity contribution is 0.161. The van der Waals surface area contributed by atoms with Gasteiger partial charge in [0.15, 0.2) is 0 Å². The van der Waals surface area contributed by atoms with Gasteiger partial charge >= 0.3 is 0 Å². The average Bonchev–Trinajstić information content (AvgIpc) is 2.16. The van der Waals surface area contributed by atoms with Gasteiger partial charge in [-0.1, -0.05) is 0 Å². The third kappa shape index (κ3) is 2.34. The maximum Gasteiger partial charge on any atom is 0.213 e. The minimum atomic E-state index is -2.94. The van der Waals surface area contributed by atoms with Crippen molar-refractivity contribution in [3.63, 3.8) is 0 Å². The Morgan fingerprint density at radius 1 is 1.20 bits per heavy atom. The van der Waals surface area contributed by atoms with E-state index in [4.69, 9.17) is 0 Å². The topological polar surface area (TPSA) is 49.4 Å². The summed E-state index contributed by atoms with van der Waals surface area (Å²) in [6.45, 7) is 5.45. The molecule has 0 unspecified atom stereocenters. The molecule has 0 saturated carbocycles. The molecule has 0 aromatic carbocycles. The zero-order chi connectivity index (χ0) is 10.9. The molecule has 5 heteroatoms. The van der Waals surface area contributed by atoms with Gasteiger partial charge < -0.3 is 5.32 Å². The summed E-state index contributed by atoms with van der Waals surface area (Å²) in [6, 6.07) is 0. The molecule has 2 aliphatic rings. The molecule has 0 aliphatic carbocycles. The van der Waals surface area contributed by atoms with Gasteiger partial charge in [-0.15, -0.1) is 0 Å². The summed E-state index contributed by atoms with van der Waals surface area (Å²) >= 11 is 0. The molecule has 2 aliphatic heterocycles. The van der Waals surface area contributed by atoms with Crippen LogP contribution in [0.3, 0.4) is 0 Å². The van der Waals surface area contributed by atoms with Gasteiger partial charge in [-0.3, -0.25) is 0 Å². The highest BCUT2D eigenvalue weighted by molar-refractivity contribution is 7.89. The van der Waals surface area contributed by atoms with Crippen molar-refractivity contribution in [1.29, 1.82) is 0 Å². The van der Waals surface area contributed by atoms with Crippen LogP contribution >= 0.6 is 0 Å². The van der Waals surface area contributed by atoms with Crippen molar-refractivity contribution in [1.82, 2.24) is 9.62 Å². The molecule has 4 nitrogen and oxygen atoms in total. The van der Waals surface area contributed by atoms with Gasteiger partial charge in [0.2, 0.25) is 10.0 Å². The number of hydrogen-bond donors (Lipinski definition) is 1. The van der Waals surface area contributed by atoms with Crippen LogP contribution in [0.2, 0.25) is 0 Å². The molecule has 0 amide bonds. The molecular formula is C10H20N2O2S. The molecule has 0 aromatic heterocycles. The molecule has 15 heavy (non-hydrogen) atoms. The Balaban J connectivity index is 1.86. The molecule has 1 N–H and O–H groups in total. The predicted octanol–water partition coefficient (Wildman–Crippen LogP) is 0.267. The van der Waals surface area contributed by atoms with E-state index in [1.54, 1.807) is 11.2 Å². The van der Waals surface area contributed by atoms with Crippen LogP contribution in [0.15, 0.2) is 0 Å². The van der Waals surface area contributed by atoms with Crippen LogP contribution < -0.4 is 5.32 Å². The number of rotatable bonds is 3. The van der Waals surface area contributed by atoms with Crippen LogP contribution in [0, 0.1) is 11.8 Å². The Morgan fingerprint density at radius 3 is 2.20 bits per heavy atom. The lowest BCUT2D eigenvalue weighted by Gasteiger charge is -2.39. The van der Waals surface area contributed by atoms with Crippen LogP contribution in [-0.4, -0.2) is 44.7 Å². The average molecular weight is 232 g/mol. The summed E-state index contributed by atoms with van der Waals surface area (Å²) < 4.78 is 24.9. The monoisotopic (exact) mass is 232 g/mol. The SMILES string of the molecule is CCS(=O)(=O)N1CCC(C2CNC2)CC1. The van der Waals surface area contributed by atoms with Crippen molar-refractivity contribution >= 4 is 10.0 Å². The van der Waals surface area contributed by atoms with Crippen LogP contribution in [0.25, 0.3) is 0 Å². The molecule has 2 saturated heterocycles. The fourth-order valence-electron chi connectivity index (χ4n) is 2.45. The normalized spacial score (nSPS) is 26.5. The Morgan fingerprint density at radius 2 is 1.80 bits per heavy atom. The smallest absolute Gasteiger partial charge is 0.213 e. The van der Waals surface area contributed by atoms with Gasteiger partial charge in [0.25, 0.3) is 0 Å². The van der Waals surface area contributed by atoms with Crippen LogP contribution in [0.5, 0.6) is 0 Å². The van der Waals surface area contributed by atoms with Crippen LogP contribution in [0.4, 0.5) is 0 Å². The Labute approximate surface area is 92.1 Å². The summed E-state index contributed by atoms with van der Waals surface area (Å²) in [5, 5.41) is 3.28. The van der Waals surface area contributed by atoms with Crippen LogP contribution in [0.1, 0.15) is 19.8 Å². The second-order valence-electron chi connectivity index (χ2n) is 4.56. The number of nitrogens with one attached hydrogen (secondary N) is 1. The molecule has 0 radical (unpaired) electrons. The van der Waals surface area contributed by atoms with Crippen molar-refractivity contribution < 1.29 is 8.42 Å². The number of piperidine rings is 1. The minimum Gasteiger partial charge on any atom is -0.316 e. The molecule has 0 atom stereocenters. The second-order valence-corrected chi connectivity index (χ2v) is 6.81. The van der Waals surface area contributed by atoms with E-state index in [1.807, 2.05) is 0 Å². The van der Waals surface area contributed by atoms with E-state index in [-0.39, 0.29) is 5.75 Å². The Hall–Kier alpha value is -0.130.